The lowest BCUT2D eigenvalue weighted by Gasteiger charge is -2.29. The molecule has 3 rings (SSSR count). The number of ether oxygens (including phenoxy) is 3. The van der Waals surface area contributed by atoms with E-state index in [2.05, 4.69) is 5.32 Å². The van der Waals surface area contributed by atoms with Crippen molar-refractivity contribution in [3.05, 3.63) is 53.3 Å². The van der Waals surface area contributed by atoms with Crippen molar-refractivity contribution < 1.29 is 18.6 Å². The summed E-state index contributed by atoms with van der Waals surface area (Å²) in [7, 11) is 3.26. The van der Waals surface area contributed by atoms with Crippen LogP contribution in [0.1, 0.15) is 11.1 Å². The minimum absolute atomic E-state index is 0.186. The number of hydrogen-bond donors (Lipinski definition) is 1. The van der Waals surface area contributed by atoms with Gasteiger partial charge in [-0.25, -0.2) is 4.39 Å². The van der Waals surface area contributed by atoms with Crippen LogP contribution >= 0.6 is 0 Å². The van der Waals surface area contributed by atoms with Gasteiger partial charge in [0.15, 0.2) is 0 Å². The highest BCUT2D eigenvalue weighted by Gasteiger charge is 2.15. The second-order valence-corrected chi connectivity index (χ2v) is 6.21. The summed E-state index contributed by atoms with van der Waals surface area (Å²) in [5.74, 6) is 1.32. The van der Waals surface area contributed by atoms with Crippen LogP contribution in [-0.2, 0) is 17.8 Å². The van der Waals surface area contributed by atoms with Crippen LogP contribution in [0.2, 0.25) is 0 Å². The maximum Gasteiger partial charge on any atom is 0.146 e. The predicted molar refractivity (Wildman–Crippen MR) is 99.5 cm³/mol. The van der Waals surface area contributed by atoms with Gasteiger partial charge in [-0.05, 0) is 35.4 Å². The highest BCUT2D eigenvalue weighted by molar-refractivity contribution is 5.49. The van der Waals surface area contributed by atoms with E-state index >= 15 is 0 Å². The van der Waals surface area contributed by atoms with E-state index in [9.17, 15) is 4.39 Å². The Hall–Kier alpha value is -2.31. The molecule has 0 aromatic heterocycles. The van der Waals surface area contributed by atoms with Crippen molar-refractivity contribution in [3.8, 4) is 11.5 Å². The third-order valence-electron chi connectivity index (χ3n) is 4.43. The minimum atomic E-state index is -0.186. The number of hydrogen-bond acceptors (Lipinski definition) is 5. The molecule has 0 radical (unpaired) electrons. The Morgan fingerprint density at radius 2 is 1.62 bits per heavy atom. The van der Waals surface area contributed by atoms with Crippen molar-refractivity contribution in [2.45, 2.75) is 13.1 Å². The molecule has 1 heterocycles. The van der Waals surface area contributed by atoms with E-state index in [1.54, 1.807) is 20.3 Å². The van der Waals surface area contributed by atoms with Crippen LogP contribution < -0.4 is 19.7 Å². The molecule has 0 bridgehead atoms. The van der Waals surface area contributed by atoms with E-state index in [-0.39, 0.29) is 5.82 Å². The number of methoxy groups -OCH3 is 2. The first kappa shape index (κ1) is 18.5. The van der Waals surface area contributed by atoms with E-state index < -0.39 is 0 Å². The van der Waals surface area contributed by atoms with E-state index in [1.807, 2.05) is 35.2 Å². The van der Waals surface area contributed by atoms with E-state index in [0.29, 0.717) is 32.0 Å². The molecule has 1 N–H and O–H groups in total. The van der Waals surface area contributed by atoms with Gasteiger partial charge in [0.2, 0.25) is 0 Å². The van der Waals surface area contributed by atoms with Gasteiger partial charge in [0.05, 0.1) is 33.1 Å². The molecule has 140 valence electrons. The molecule has 5 nitrogen and oxygen atoms in total. The van der Waals surface area contributed by atoms with Crippen LogP contribution in [0.15, 0.2) is 36.4 Å². The summed E-state index contributed by atoms with van der Waals surface area (Å²) in [6, 6.07) is 11.2. The third kappa shape index (κ3) is 4.65. The SMILES string of the molecule is COc1cc(CNCc2ccc(N3CCOCC3)c(F)c2)cc(OC)c1. The first-order valence-corrected chi connectivity index (χ1v) is 8.73. The lowest BCUT2D eigenvalue weighted by atomic mass is 10.1. The second-order valence-electron chi connectivity index (χ2n) is 6.21. The summed E-state index contributed by atoms with van der Waals surface area (Å²) in [6.45, 7) is 3.97. The van der Waals surface area contributed by atoms with Gasteiger partial charge in [-0.15, -0.1) is 0 Å². The van der Waals surface area contributed by atoms with Gasteiger partial charge in [0, 0.05) is 32.2 Å². The summed E-state index contributed by atoms with van der Waals surface area (Å²) in [6.07, 6.45) is 0. The lowest BCUT2D eigenvalue weighted by Crippen LogP contribution is -2.36. The molecule has 0 aliphatic carbocycles. The summed E-state index contributed by atoms with van der Waals surface area (Å²) in [5.41, 5.74) is 2.61. The Bertz CT molecular complexity index is 711. The van der Waals surface area contributed by atoms with Crippen LogP contribution in [0.5, 0.6) is 11.5 Å². The highest BCUT2D eigenvalue weighted by Crippen LogP contribution is 2.23. The van der Waals surface area contributed by atoms with Crippen molar-refractivity contribution >= 4 is 5.69 Å². The van der Waals surface area contributed by atoms with E-state index in [4.69, 9.17) is 14.2 Å². The predicted octanol–water partition coefficient (Wildman–Crippen LogP) is 2.97. The van der Waals surface area contributed by atoms with Crippen molar-refractivity contribution in [1.82, 2.24) is 5.32 Å². The Balaban J connectivity index is 1.59. The molecule has 1 fully saturated rings. The lowest BCUT2D eigenvalue weighted by molar-refractivity contribution is 0.122. The van der Waals surface area contributed by atoms with Gasteiger partial charge >= 0.3 is 0 Å². The Morgan fingerprint density at radius 3 is 2.23 bits per heavy atom. The average Bonchev–Trinajstić information content (AvgIpc) is 2.68. The summed E-state index contributed by atoms with van der Waals surface area (Å²) >= 11 is 0. The fourth-order valence-corrected chi connectivity index (χ4v) is 3.04. The highest BCUT2D eigenvalue weighted by atomic mass is 19.1. The fraction of sp³-hybridized carbons (Fsp3) is 0.400. The van der Waals surface area contributed by atoms with Crippen LogP contribution in [0.25, 0.3) is 0 Å². The summed E-state index contributed by atoms with van der Waals surface area (Å²) < 4.78 is 30.3. The molecule has 1 saturated heterocycles. The Kier molecular flexibility index (Phi) is 6.30. The number of rotatable bonds is 7. The van der Waals surface area contributed by atoms with Crippen LogP contribution in [0.4, 0.5) is 10.1 Å². The molecule has 6 heteroatoms. The Morgan fingerprint density at radius 1 is 0.962 bits per heavy atom. The molecular formula is C20H25FN2O3. The van der Waals surface area contributed by atoms with Gasteiger partial charge in [-0.3, -0.25) is 0 Å². The standard InChI is InChI=1S/C20H25FN2O3/c1-24-17-9-16(10-18(12-17)25-2)14-22-13-15-3-4-20(19(21)11-15)23-5-7-26-8-6-23/h3-4,9-12,22H,5-8,13-14H2,1-2H3. The number of benzene rings is 2. The van der Waals surface area contributed by atoms with Gasteiger partial charge in [0.1, 0.15) is 17.3 Å². The monoisotopic (exact) mass is 360 g/mol. The molecule has 1 aliphatic rings. The quantitative estimate of drug-likeness (QED) is 0.822. The molecular weight excluding hydrogens is 335 g/mol. The first-order chi connectivity index (χ1) is 12.7. The van der Waals surface area contributed by atoms with Crippen molar-refractivity contribution in [2.75, 3.05) is 45.4 Å². The van der Waals surface area contributed by atoms with Crippen LogP contribution in [0, 0.1) is 5.82 Å². The zero-order valence-corrected chi connectivity index (χ0v) is 15.3. The number of anilines is 1. The maximum absolute atomic E-state index is 14.4. The van der Waals surface area contributed by atoms with Crippen molar-refractivity contribution in [2.24, 2.45) is 0 Å². The van der Waals surface area contributed by atoms with Crippen molar-refractivity contribution in [1.29, 1.82) is 0 Å². The van der Waals surface area contributed by atoms with Gasteiger partial charge < -0.3 is 24.4 Å². The maximum atomic E-state index is 14.4. The molecule has 0 atom stereocenters. The largest absolute Gasteiger partial charge is 0.497 e. The molecule has 1 aliphatic heterocycles. The molecule has 26 heavy (non-hydrogen) atoms. The molecule has 2 aromatic carbocycles. The smallest absolute Gasteiger partial charge is 0.146 e. The molecule has 0 unspecified atom stereocenters. The van der Waals surface area contributed by atoms with Gasteiger partial charge in [0.25, 0.3) is 0 Å². The molecule has 0 spiro atoms. The normalized spacial score (nSPS) is 14.3. The topological polar surface area (TPSA) is 43.0 Å². The minimum Gasteiger partial charge on any atom is -0.497 e. The van der Waals surface area contributed by atoms with Crippen LogP contribution in [0.3, 0.4) is 0 Å². The van der Waals surface area contributed by atoms with Gasteiger partial charge in [-0.1, -0.05) is 6.07 Å². The van der Waals surface area contributed by atoms with Crippen molar-refractivity contribution in [3.63, 3.8) is 0 Å². The number of nitrogens with zero attached hydrogens (tertiary/aromatic N) is 1. The number of nitrogens with one attached hydrogen (secondary N) is 1. The third-order valence-corrected chi connectivity index (χ3v) is 4.43. The van der Waals surface area contributed by atoms with E-state index in [0.717, 1.165) is 35.7 Å². The summed E-state index contributed by atoms with van der Waals surface area (Å²) in [4.78, 5) is 2.03. The first-order valence-electron chi connectivity index (χ1n) is 8.73. The molecule has 0 saturated carbocycles. The average molecular weight is 360 g/mol. The fourth-order valence-electron chi connectivity index (χ4n) is 3.04. The zero-order valence-electron chi connectivity index (χ0n) is 15.3. The number of halogens is 1. The molecule has 2 aromatic rings. The molecule has 0 amide bonds. The zero-order chi connectivity index (χ0) is 18.4. The van der Waals surface area contributed by atoms with Gasteiger partial charge in [-0.2, -0.15) is 0 Å². The summed E-state index contributed by atoms with van der Waals surface area (Å²) in [5, 5.41) is 3.34. The number of morpholine rings is 1. The van der Waals surface area contributed by atoms with E-state index in [1.165, 1.54) is 0 Å². The Labute approximate surface area is 153 Å². The second kappa shape index (κ2) is 8.87. The van der Waals surface area contributed by atoms with Crippen LogP contribution in [-0.4, -0.2) is 40.5 Å².